The number of benzene rings is 1. The Morgan fingerprint density at radius 1 is 1.45 bits per heavy atom. The van der Waals surface area contributed by atoms with Gasteiger partial charge in [-0.05, 0) is 43.9 Å². The number of guanidine groups is 1. The number of fused-ring (bicyclic) bond motifs is 1. The molecule has 0 radical (unpaired) electrons. The molecule has 0 amide bonds. The number of hydrogen-bond acceptors (Lipinski definition) is 2. The van der Waals surface area contributed by atoms with Gasteiger partial charge in [0, 0.05) is 25.3 Å². The van der Waals surface area contributed by atoms with Crippen molar-refractivity contribution in [2.24, 2.45) is 10.7 Å². The van der Waals surface area contributed by atoms with Crippen molar-refractivity contribution in [2.75, 3.05) is 18.5 Å². The van der Waals surface area contributed by atoms with Gasteiger partial charge in [-0.1, -0.05) is 12.1 Å². The van der Waals surface area contributed by atoms with Gasteiger partial charge in [-0.25, -0.2) is 4.99 Å². The quantitative estimate of drug-likeness (QED) is 0.475. The lowest BCUT2D eigenvalue weighted by Gasteiger charge is -2.27. The van der Waals surface area contributed by atoms with Crippen LogP contribution in [0, 0.1) is 0 Å². The van der Waals surface area contributed by atoms with Crippen LogP contribution in [0.4, 0.5) is 5.69 Å². The Kier molecular flexibility index (Phi) is 6.58. The molecule has 1 aromatic carbocycles. The zero-order valence-electron chi connectivity index (χ0n) is 12.5. The number of hydrogen-bond donors (Lipinski definition) is 2. The summed E-state index contributed by atoms with van der Waals surface area (Å²) >= 11 is 0. The Labute approximate surface area is 138 Å². The van der Waals surface area contributed by atoms with E-state index in [0.29, 0.717) is 18.5 Å². The summed E-state index contributed by atoms with van der Waals surface area (Å²) in [6.07, 6.45) is 2.39. The molecule has 5 heteroatoms. The van der Waals surface area contributed by atoms with Crippen LogP contribution < -0.4 is 16.0 Å². The molecule has 0 bridgehead atoms. The minimum Gasteiger partial charge on any atom is -0.374 e. The molecule has 1 aliphatic rings. The van der Waals surface area contributed by atoms with Crippen LogP contribution in [0.1, 0.15) is 31.4 Å². The molecule has 0 aliphatic carbocycles. The summed E-state index contributed by atoms with van der Waals surface area (Å²) in [6.45, 7) is 5.90. The minimum absolute atomic E-state index is 0. The topological polar surface area (TPSA) is 53.6 Å². The first kappa shape index (κ1) is 17.1. The van der Waals surface area contributed by atoms with Gasteiger partial charge in [0.25, 0.3) is 0 Å². The van der Waals surface area contributed by atoms with E-state index in [-0.39, 0.29) is 24.0 Å². The van der Waals surface area contributed by atoms with Crippen LogP contribution in [-0.2, 0) is 13.0 Å². The molecule has 0 spiro atoms. The van der Waals surface area contributed by atoms with E-state index < -0.39 is 0 Å². The van der Waals surface area contributed by atoms with E-state index in [1.807, 2.05) is 0 Å². The molecule has 0 fully saturated rings. The molecule has 0 aromatic heterocycles. The van der Waals surface area contributed by atoms with Crippen LogP contribution in [0.15, 0.2) is 23.2 Å². The number of rotatable bonds is 3. The van der Waals surface area contributed by atoms with Crippen molar-refractivity contribution in [3.8, 4) is 0 Å². The molecule has 2 rings (SSSR count). The Bertz CT molecular complexity index is 471. The molecule has 3 N–H and O–H groups in total. The molecule has 4 nitrogen and oxygen atoms in total. The normalized spacial score (nSPS) is 14.8. The van der Waals surface area contributed by atoms with Gasteiger partial charge in [0.05, 0.1) is 6.54 Å². The highest BCUT2D eigenvalue weighted by Gasteiger charge is 2.13. The molecule has 20 heavy (non-hydrogen) atoms. The summed E-state index contributed by atoms with van der Waals surface area (Å²) in [5.41, 5.74) is 9.82. The predicted molar refractivity (Wildman–Crippen MR) is 97.0 cm³/mol. The maximum Gasteiger partial charge on any atom is 0.189 e. The Morgan fingerprint density at radius 2 is 2.20 bits per heavy atom. The molecule has 0 unspecified atom stereocenters. The van der Waals surface area contributed by atoms with E-state index in [0.717, 1.165) is 13.0 Å². The number of halogens is 1. The van der Waals surface area contributed by atoms with Crippen molar-refractivity contribution < 1.29 is 0 Å². The zero-order valence-corrected chi connectivity index (χ0v) is 14.8. The third-order valence-electron chi connectivity index (χ3n) is 3.36. The summed E-state index contributed by atoms with van der Waals surface area (Å²) in [7, 11) is 2.15. The zero-order chi connectivity index (χ0) is 13.8. The smallest absolute Gasteiger partial charge is 0.189 e. The minimum atomic E-state index is 0. The van der Waals surface area contributed by atoms with Crippen molar-refractivity contribution in [1.82, 2.24) is 5.32 Å². The molecule has 1 aromatic rings. The van der Waals surface area contributed by atoms with Crippen molar-refractivity contribution in [1.29, 1.82) is 0 Å². The molecule has 112 valence electrons. The molecular weight excluding hydrogens is 363 g/mol. The lowest BCUT2D eigenvalue weighted by molar-refractivity contribution is 0.723. The van der Waals surface area contributed by atoms with Crippen LogP contribution in [0.25, 0.3) is 0 Å². The number of nitrogens with one attached hydrogen (secondary N) is 1. The Morgan fingerprint density at radius 3 is 2.90 bits per heavy atom. The van der Waals surface area contributed by atoms with Gasteiger partial charge in [0.15, 0.2) is 5.96 Å². The van der Waals surface area contributed by atoms with Gasteiger partial charge in [0.2, 0.25) is 0 Å². The van der Waals surface area contributed by atoms with Crippen LogP contribution in [0.2, 0.25) is 0 Å². The molecule has 0 saturated heterocycles. The summed E-state index contributed by atoms with van der Waals surface area (Å²) < 4.78 is 0. The number of nitrogens with two attached hydrogens (primary N) is 1. The third-order valence-corrected chi connectivity index (χ3v) is 3.36. The van der Waals surface area contributed by atoms with Crippen molar-refractivity contribution >= 4 is 35.6 Å². The first-order valence-electron chi connectivity index (χ1n) is 6.95. The van der Waals surface area contributed by atoms with Gasteiger partial charge >= 0.3 is 0 Å². The van der Waals surface area contributed by atoms with E-state index in [9.17, 15) is 0 Å². The van der Waals surface area contributed by atoms with E-state index in [4.69, 9.17) is 5.73 Å². The van der Waals surface area contributed by atoms with Crippen LogP contribution in [0.3, 0.4) is 0 Å². The molecule has 1 aliphatic heterocycles. The van der Waals surface area contributed by atoms with E-state index in [1.165, 1.54) is 23.2 Å². The largest absolute Gasteiger partial charge is 0.374 e. The second-order valence-corrected chi connectivity index (χ2v) is 5.49. The number of anilines is 1. The van der Waals surface area contributed by atoms with Gasteiger partial charge in [-0.2, -0.15) is 0 Å². The van der Waals surface area contributed by atoms with Crippen molar-refractivity contribution in [2.45, 2.75) is 39.3 Å². The highest BCUT2D eigenvalue weighted by molar-refractivity contribution is 14.0. The van der Waals surface area contributed by atoms with Crippen LogP contribution in [0.5, 0.6) is 0 Å². The summed E-state index contributed by atoms with van der Waals surface area (Å²) in [6, 6.07) is 6.93. The number of aliphatic imine (C=N–C) groups is 1. The van der Waals surface area contributed by atoms with E-state index in [2.05, 4.69) is 54.3 Å². The standard InChI is InChI=1S/C15H24N4.HI/c1-11(2)18-15(16)17-10-12-6-7-14-13(9-12)5-4-8-19(14)3;/h6-7,9,11H,4-5,8,10H2,1-3H3,(H3,16,17,18);1H. The van der Waals surface area contributed by atoms with Crippen LogP contribution in [-0.4, -0.2) is 25.6 Å². The lowest BCUT2D eigenvalue weighted by atomic mass is 10.00. The summed E-state index contributed by atoms with van der Waals surface area (Å²) in [4.78, 5) is 6.69. The van der Waals surface area contributed by atoms with Crippen molar-refractivity contribution in [3.63, 3.8) is 0 Å². The molecule has 1 heterocycles. The first-order chi connectivity index (χ1) is 9.06. The average Bonchev–Trinajstić information content (AvgIpc) is 2.36. The van der Waals surface area contributed by atoms with E-state index >= 15 is 0 Å². The van der Waals surface area contributed by atoms with Gasteiger partial charge in [-0.15, -0.1) is 24.0 Å². The first-order valence-corrected chi connectivity index (χ1v) is 6.95. The fourth-order valence-corrected chi connectivity index (χ4v) is 2.45. The number of nitrogens with zero attached hydrogens (tertiary/aromatic N) is 2. The Balaban J connectivity index is 0.00000200. The highest BCUT2D eigenvalue weighted by atomic mass is 127. The highest BCUT2D eigenvalue weighted by Crippen LogP contribution is 2.26. The predicted octanol–water partition coefficient (Wildman–Crippen LogP) is 2.50. The Hall–Kier alpha value is -0.980. The fraction of sp³-hybridized carbons (Fsp3) is 0.533. The second kappa shape index (κ2) is 7.71. The monoisotopic (exact) mass is 388 g/mol. The SMILES string of the molecule is CC(C)NC(N)=NCc1ccc2c(c1)CCCN2C.I. The maximum absolute atomic E-state index is 5.81. The van der Waals surface area contributed by atoms with Gasteiger partial charge in [0.1, 0.15) is 0 Å². The molecular formula is C15H25IN4. The second-order valence-electron chi connectivity index (χ2n) is 5.49. The van der Waals surface area contributed by atoms with Crippen LogP contribution >= 0.6 is 24.0 Å². The van der Waals surface area contributed by atoms with Gasteiger partial charge < -0.3 is 16.0 Å². The summed E-state index contributed by atoms with van der Waals surface area (Å²) in [5, 5.41) is 3.10. The molecule has 0 atom stereocenters. The fourth-order valence-electron chi connectivity index (χ4n) is 2.45. The van der Waals surface area contributed by atoms with Crippen molar-refractivity contribution in [3.05, 3.63) is 29.3 Å². The number of aryl methyl sites for hydroxylation is 1. The van der Waals surface area contributed by atoms with Gasteiger partial charge in [-0.3, -0.25) is 0 Å². The summed E-state index contributed by atoms with van der Waals surface area (Å²) in [5.74, 6) is 0.518. The molecule has 0 saturated carbocycles. The maximum atomic E-state index is 5.81. The van der Waals surface area contributed by atoms with E-state index in [1.54, 1.807) is 0 Å². The average molecular weight is 388 g/mol. The third kappa shape index (κ3) is 4.54. The lowest BCUT2D eigenvalue weighted by Crippen LogP contribution is -2.36.